The molecule has 0 saturated heterocycles. The number of amides is 1. The molecule has 0 aromatic carbocycles. The Balaban J connectivity index is 2.88. The maximum atomic E-state index is 12.3. The van der Waals surface area contributed by atoms with Gasteiger partial charge in [0.25, 0.3) is 0 Å². The molecule has 2 atom stereocenters. The Morgan fingerprint density at radius 2 is 1.78 bits per heavy atom. The van der Waals surface area contributed by atoms with E-state index >= 15 is 0 Å². The normalized spacial score (nSPS) is 23.8. The number of allylic oxidation sites excluding steroid dienone is 2. The van der Waals surface area contributed by atoms with Gasteiger partial charge in [-0.15, -0.1) is 0 Å². The maximum Gasteiger partial charge on any atom is 0.307 e. The molecule has 0 fully saturated rings. The summed E-state index contributed by atoms with van der Waals surface area (Å²) in [5.74, 6) is -2.36. The quantitative estimate of drug-likeness (QED) is 0.731. The average Bonchev–Trinajstić information content (AvgIpc) is 2.36. The van der Waals surface area contributed by atoms with E-state index in [0.29, 0.717) is 12.8 Å². The average molecular weight is 255 g/mol. The van der Waals surface area contributed by atoms with Crippen LogP contribution in [0.5, 0.6) is 0 Å². The van der Waals surface area contributed by atoms with Crippen LogP contribution in [0.4, 0.5) is 0 Å². The van der Waals surface area contributed by atoms with Crippen LogP contribution in [-0.2, 0) is 9.59 Å². The third kappa shape index (κ3) is 2.90. The molecule has 5 nitrogen and oxygen atoms in total. The van der Waals surface area contributed by atoms with Crippen molar-refractivity contribution in [2.75, 3.05) is 13.7 Å². The number of hydrogen-bond acceptors (Lipinski definition) is 3. The number of aliphatic hydroxyl groups excluding tert-OH is 1. The van der Waals surface area contributed by atoms with Crippen molar-refractivity contribution in [2.24, 2.45) is 11.8 Å². The third-order valence-corrected chi connectivity index (χ3v) is 3.69. The molecular formula is C13H21NO4. The Kier molecular flexibility index (Phi) is 4.51. The highest BCUT2D eigenvalue weighted by atomic mass is 16.4. The predicted octanol–water partition coefficient (Wildman–Crippen LogP) is 0.883. The van der Waals surface area contributed by atoms with Crippen molar-refractivity contribution in [2.45, 2.75) is 32.2 Å². The first-order valence-corrected chi connectivity index (χ1v) is 6.07. The molecule has 0 unspecified atom stereocenters. The number of nitrogens with zero attached hydrogens (tertiary/aromatic N) is 1. The molecule has 0 bridgehead atoms. The summed E-state index contributed by atoms with van der Waals surface area (Å²) in [6.45, 7) is 3.34. The summed E-state index contributed by atoms with van der Waals surface area (Å²) in [5.41, 5.74) is -0.679. The van der Waals surface area contributed by atoms with Gasteiger partial charge >= 0.3 is 5.97 Å². The van der Waals surface area contributed by atoms with Gasteiger partial charge in [0.15, 0.2) is 0 Å². The predicted molar refractivity (Wildman–Crippen MR) is 66.9 cm³/mol. The summed E-state index contributed by atoms with van der Waals surface area (Å²) in [6, 6.07) is 0. The fraction of sp³-hybridized carbons (Fsp3) is 0.692. The van der Waals surface area contributed by atoms with Gasteiger partial charge in [0.2, 0.25) is 5.91 Å². The molecule has 0 heterocycles. The smallest absolute Gasteiger partial charge is 0.307 e. The van der Waals surface area contributed by atoms with E-state index in [1.807, 2.05) is 6.08 Å². The second-order valence-electron chi connectivity index (χ2n) is 5.36. The highest BCUT2D eigenvalue weighted by Gasteiger charge is 2.38. The molecule has 0 saturated carbocycles. The highest BCUT2D eigenvalue weighted by molar-refractivity contribution is 5.85. The van der Waals surface area contributed by atoms with Crippen molar-refractivity contribution in [3.8, 4) is 0 Å². The minimum Gasteiger partial charge on any atom is -0.481 e. The first-order valence-electron chi connectivity index (χ1n) is 6.07. The lowest BCUT2D eigenvalue weighted by molar-refractivity contribution is -0.152. The van der Waals surface area contributed by atoms with Crippen LogP contribution in [0.25, 0.3) is 0 Å². The number of likely N-dealkylation sites (N-methyl/N-ethyl adjacent to an activating group) is 1. The topological polar surface area (TPSA) is 77.8 Å². The Bertz CT molecular complexity index is 362. The number of aliphatic hydroxyl groups is 1. The van der Waals surface area contributed by atoms with Gasteiger partial charge in [0.05, 0.1) is 24.0 Å². The summed E-state index contributed by atoms with van der Waals surface area (Å²) in [4.78, 5) is 24.9. The molecule has 1 aliphatic carbocycles. The standard InChI is InChI=1S/C13H21NO4/c1-13(2,8-15)14(3)11(16)9-6-4-5-7-10(9)12(17)18/h4-5,9-10,15H,6-8H2,1-3H3,(H,17,18)/t9-,10+/m1/s1. The Labute approximate surface area is 107 Å². The van der Waals surface area contributed by atoms with Gasteiger partial charge in [0, 0.05) is 7.05 Å². The van der Waals surface area contributed by atoms with Crippen LogP contribution in [-0.4, -0.2) is 46.2 Å². The molecule has 5 heteroatoms. The molecule has 1 amide bonds. The largest absolute Gasteiger partial charge is 0.481 e. The molecule has 2 N–H and O–H groups in total. The minimum atomic E-state index is -0.937. The van der Waals surface area contributed by atoms with Crippen molar-refractivity contribution in [3.63, 3.8) is 0 Å². The minimum absolute atomic E-state index is 0.157. The third-order valence-electron chi connectivity index (χ3n) is 3.69. The Hall–Kier alpha value is -1.36. The molecule has 0 aromatic rings. The highest BCUT2D eigenvalue weighted by Crippen LogP contribution is 2.29. The van der Waals surface area contributed by atoms with Gasteiger partial charge in [-0.1, -0.05) is 12.2 Å². The second-order valence-corrected chi connectivity index (χ2v) is 5.36. The fourth-order valence-corrected chi connectivity index (χ4v) is 2.01. The number of carboxylic acids is 1. The van der Waals surface area contributed by atoms with E-state index in [9.17, 15) is 14.7 Å². The van der Waals surface area contributed by atoms with Gasteiger partial charge in [-0.3, -0.25) is 9.59 Å². The van der Waals surface area contributed by atoms with E-state index in [1.165, 1.54) is 4.90 Å². The van der Waals surface area contributed by atoms with Crippen LogP contribution >= 0.6 is 0 Å². The summed E-state index contributed by atoms with van der Waals surface area (Å²) >= 11 is 0. The summed E-state index contributed by atoms with van der Waals surface area (Å²) < 4.78 is 0. The fourth-order valence-electron chi connectivity index (χ4n) is 2.01. The number of carboxylic acid groups (broad SMARTS) is 1. The summed E-state index contributed by atoms with van der Waals surface area (Å²) in [5, 5.41) is 18.4. The SMILES string of the molecule is CN(C(=O)[C@@H]1CC=CC[C@@H]1C(=O)O)C(C)(C)CO. The molecule has 1 rings (SSSR count). The number of rotatable bonds is 4. The van der Waals surface area contributed by atoms with E-state index in [-0.39, 0.29) is 12.5 Å². The van der Waals surface area contributed by atoms with Crippen molar-refractivity contribution >= 4 is 11.9 Å². The van der Waals surface area contributed by atoms with Crippen molar-refractivity contribution in [3.05, 3.63) is 12.2 Å². The lowest BCUT2D eigenvalue weighted by Crippen LogP contribution is -2.51. The van der Waals surface area contributed by atoms with E-state index in [0.717, 1.165) is 0 Å². The van der Waals surface area contributed by atoms with Crippen LogP contribution in [0, 0.1) is 11.8 Å². The van der Waals surface area contributed by atoms with Gasteiger partial charge in [0.1, 0.15) is 0 Å². The van der Waals surface area contributed by atoms with Gasteiger partial charge in [-0.2, -0.15) is 0 Å². The molecule has 0 aromatic heterocycles. The van der Waals surface area contributed by atoms with E-state index < -0.39 is 23.3 Å². The zero-order valence-electron chi connectivity index (χ0n) is 11.1. The second kappa shape index (κ2) is 5.52. The molecule has 1 aliphatic rings. The first kappa shape index (κ1) is 14.7. The molecule has 102 valence electrons. The molecule has 0 spiro atoms. The number of carbonyl (C=O) groups excluding carboxylic acids is 1. The van der Waals surface area contributed by atoms with Gasteiger partial charge in [-0.05, 0) is 26.7 Å². The Morgan fingerprint density at radius 1 is 1.28 bits per heavy atom. The molecule has 0 radical (unpaired) electrons. The van der Waals surface area contributed by atoms with Crippen LogP contribution in [0.1, 0.15) is 26.7 Å². The monoisotopic (exact) mass is 255 g/mol. The van der Waals surface area contributed by atoms with Crippen molar-refractivity contribution in [1.82, 2.24) is 4.90 Å². The van der Waals surface area contributed by atoms with Crippen LogP contribution in [0.2, 0.25) is 0 Å². The molecular weight excluding hydrogens is 234 g/mol. The van der Waals surface area contributed by atoms with Crippen LogP contribution < -0.4 is 0 Å². The lowest BCUT2D eigenvalue weighted by atomic mass is 9.81. The van der Waals surface area contributed by atoms with Crippen LogP contribution in [0.3, 0.4) is 0 Å². The zero-order valence-corrected chi connectivity index (χ0v) is 11.1. The summed E-state index contributed by atoms with van der Waals surface area (Å²) in [7, 11) is 1.61. The number of carbonyl (C=O) groups is 2. The van der Waals surface area contributed by atoms with E-state index in [1.54, 1.807) is 27.0 Å². The first-order chi connectivity index (χ1) is 8.31. The molecule has 0 aliphatic heterocycles. The summed E-state index contributed by atoms with van der Waals surface area (Å²) in [6.07, 6.45) is 4.49. The van der Waals surface area contributed by atoms with Crippen LogP contribution in [0.15, 0.2) is 12.2 Å². The Morgan fingerprint density at radius 3 is 2.22 bits per heavy atom. The van der Waals surface area contributed by atoms with Crippen molar-refractivity contribution < 1.29 is 19.8 Å². The van der Waals surface area contributed by atoms with Gasteiger partial charge < -0.3 is 15.1 Å². The van der Waals surface area contributed by atoms with E-state index in [4.69, 9.17) is 5.11 Å². The van der Waals surface area contributed by atoms with Gasteiger partial charge in [-0.25, -0.2) is 0 Å². The van der Waals surface area contributed by atoms with Crippen molar-refractivity contribution in [1.29, 1.82) is 0 Å². The zero-order chi connectivity index (χ0) is 13.9. The maximum absolute atomic E-state index is 12.3. The van der Waals surface area contributed by atoms with E-state index in [2.05, 4.69) is 0 Å². The lowest BCUT2D eigenvalue weighted by Gasteiger charge is -2.38. The molecule has 18 heavy (non-hydrogen) atoms. The number of hydrogen-bond donors (Lipinski definition) is 2. The number of aliphatic carboxylic acids is 1.